The molecule has 0 saturated carbocycles. The molecule has 132 valence electrons. The van der Waals surface area contributed by atoms with E-state index in [-0.39, 0.29) is 22.0 Å². The topological polar surface area (TPSA) is 123 Å². The number of hydrogen-bond acceptors (Lipinski definition) is 6. The first-order valence-electron chi connectivity index (χ1n) is 7.17. The summed E-state index contributed by atoms with van der Waals surface area (Å²) < 4.78 is 5.55. The standard InChI is InChI=1S/C16H10ClN3O6/c1-19-15(22)11(14(21)18-16(19)23)7-9-3-5-13(26-9)10-4-2-8(20(24)25)6-12(10)17/h2-7H,1H3,(H,18,21,23)/b11-7-. The van der Waals surface area contributed by atoms with Gasteiger partial charge in [0.05, 0.1) is 9.95 Å². The maximum Gasteiger partial charge on any atom is 0.331 e. The van der Waals surface area contributed by atoms with Crippen molar-refractivity contribution in [2.75, 3.05) is 7.05 Å². The van der Waals surface area contributed by atoms with E-state index in [2.05, 4.69) is 0 Å². The van der Waals surface area contributed by atoms with Crippen molar-refractivity contribution < 1.29 is 23.7 Å². The molecule has 0 radical (unpaired) electrons. The van der Waals surface area contributed by atoms with Gasteiger partial charge in [-0.05, 0) is 24.3 Å². The molecular formula is C16H10ClN3O6. The number of rotatable bonds is 3. The predicted octanol–water partition coefficient (Wildman–Crippen LogP) is 2.60. The summed E-state index contributed by atoms with van der Waals surface area (Å²) in [6.45, 7) is 0. The van der Waals surface area contributed by atoms with Crippen molar-refractivity contribution in [1.82, 2.24) is 10.2 Å². The third-order valence-electron chi connectivity index (χ3n) is 3.65. The summed E-state index contributed by atoms with van der Waals surface area (Å²) in [7, 11) is 1.24. The lowest BCUT2D eigenvalue weighted by atomic mass is 10.1. The highest BCUT2D eigenvalue weighted by molar-refractivity contribution is 6.33. The van der Waals surface area contributed by atoms with E-state index in [1.165, 1.54) is 37.4 Å². The molecule has 4 amide bonds. The Morgan fingerprint density at radius 2 is 1.96 bits per heavy atom. The summed E-state index contributed by atoms with van der Waals surface area (Å²) in [6.07, 6.45) is 1.20. The molecule has 0 bridgehead atoms. The Hall–Kier alpha value is -3.46. The van der Waals surface area contributed by atoms with Gasteiger partial charge in [0, 0.05) is 24.7 Å². The third-order valence-corrected chi connectivity index (χ3v) is 3.96. The maximum atomic E-state index is 12.0. The SMILES string of the molecule is CN1C(=O)NC(=O)/C(=C/c2ccc(-c3ccc([N+](=O)[O-])cc3Cl)o2)C1=O. The first-order chi connectivity index (χ1) is 12.3. The number of amides is 4. The lowest BCUT2D eigenvalue weighted by Gasteiger charge is -2.21. The molecule has 0 spiro atoms. The summed E-state index contributed by atoms with van der Waals surface area (Å²) in [5.41, 5.74) is -0.0127. The first kappa shape index (κ1) is 17.4. The number of carbonyl (C=O) groups excluding carboxylic acids is 3. The number of nitrogens with zero attached hydrogens (tertiary/aromatic N) is 2. The number of imide groups is 2. The molecular weight excluding hydrogens is 366 g/mol. The van der Waals surface area contributed by atoms with Gasteiger partial charge in [-0.2, -0.15) is 0 Å². The number of barbiturate groups is 1. The monoisotopic (exact) mass is 375 g/mol. The fourth-order valence-electron chi connectivity index (χ4n) is 2.28. The van der Waals surface area contributed by atoms with Gasteiger partial charge in [-0.25, -0.2) is 4.79 Å². The lowest BCUT2D eigenvalue weighted by Crippen LogP contribution is -2.52. The molecule has 1 aliphatic rings. The fourth-order valence-corrected chi connectivity index (χ4v) is 2.55. The van der Waals surface area contributed by atoms with Crippen molar-refractivity contribution in [3.8, 4) is 11.3 Å². The second kappa shape index (κ2) is 6.45. The number of likely N-dealkylation sites (N-methyl/N-ethyl adjacent to an activating group) is 1. The molecule has 10 heteroatoms. The maximum absolute atomic E-state index is 12.0. The van der Waals surface area contributed by atoms with Gasteiger partial charge >= 0.3 is 6.03 Å². The van der Waals surface area contributed by atoms with Gasteiger partial charge in [0.25, 0.3) is 17.5 Å². The second-order valence-electron chi connectivity index (χ2n) is 5.30. The molecule has 1 aromatic carbocycles. The zero-order chi connectivity index (χ0) is 19.0. The largest absolute Gasteiger partial charge is 0.457 e. The summed E-state index contributed by atoms with van der Waals surface area (Å²) in [5, 5.41) is 12.9. The Labute approximate surface area is 151 Å². The smallest absolute Gasteiger partial charge is 0.331 e. The summed E-state index contributed by atoms with van der Waals surface area (Å²) in [4.78, 5) is 46.2. The molecule has 9 nitrogen and oxygen atoms in total. The van der Waals surface area contributed by atoms with Gasteiger partial charge in [-0.1, -0.05) is 11.6 Å². The van der Waals surface area contributed by atoms with Crippen LogP contribution in [0.2, 0.25) is 5.02 Å². The Balaban J connectivity index is 1.93. The lowest BCUT2D eigenvalue weighted by molar-refractivity contribution is -0.384. The van der Waals surface area contributed by atoms with Crippen LogP contribution in [0.3, 0.4) is 0 Å². The van der Waals surface area contributed by atoms with Crippen LogP contribution in [0.1, 0.15) is 5.76 Å². The Morgan fingerprint density at radius 1 is 1.23 bits per heavy atom. The summed E-state index contributed by atoms with van der Waals surface area (Å²) in [6, 6.07) is 6.13. The fraction of sp³-hybridized carbons (Fsp3) is 0.0625. The van der Waals surface area contributed by atoms with E-state index in [1.807, 2.05) is 5.32 Å². The Morgan fingerprint density at radius 3 is 2.62 bits per heavy atom. The predicted molar refractivity (Wildman–Crippen MR) is 90.1 cm³/mol. The van der Waals surface area contributed by atoms with Crippen molar-refractivity contribution in [3.05, 3.63) is 56.8 Å². The average molecular weight is 376 g/mol. The van der Waals surface area contributed by atoms with Crippen molar-refractivity contribution in [3.63, 3.8) is 0 Å². The highest BCUT2D eigenvalue weighted by atomic mass is 35.5. The number of halogens is 1. The highest BCUT2D eigenvalue weighted by Gasteiger charge is 2.33. The van der Waals surface area contributed by atoms with Gasteiger partial charge in [-0.3, -0.25) is 29.9 Å². The molecule has 2 heterocycles. The number of nitrogens with one attached hydrogen (secondary N) is 1. The number of non-ortho nitro benzene ring substituents is 1. The molecule has 2 aromatic rings. The molecule has 0 unspecified atom stereocenters. The van der Waals surface area contributed by atoms with E-state index >= 15 is 0 Å². The molecule has 1 saturated heterocycles. The number of furan rings is 1. The van der Waals surface area contributed by atoms with Crippen molar-refractivity contribution in [2.45, 2.75) is 0 Å². The third kappa shape index (κ3) is 3.07. The van der Waals surface area contributed by atoms with E-state index in [4.69, 9.17) is 16.0 Å². The van der Waals surface area contributed by atoms with Crippen LogP contribution in [0.25, 0.3) is 17.4 Å². The highest BCUT2D eigenvalue weighted by Crippen LogP contribution is 2.32. The van der Waals surface area contributed by atoms with Gasteiger partial charge in [0.1, 0.15) is 17.1 Å². The van der Waals surface area contributed by atoms with Crippen LogP contribution in [0.15, 0.2) is 40.3 Å². The van der Waals surface area contributed by atoms with Crippen LogP contribution in [0, 0.1) is 10.1 Å². The first-order valence-corrected chi connectivity index (χ1v) is 7.55. The summed E-state index contributed by atoms with van der Waals surface area (Å²) in [5.74, 6) is -1.12. The van der Waals surface area contributed by atoms with E-state index in [0.717, 1.165) is 4.90 Å². The Kier molecular flexibility index (Phi) is 4.31. The minimum Gasteiger partial charge on any atom is -0.457 e. The van der Waals surface area contributed by atoms with Crippen LogP contribution >= 0.6 is 11.6 Å². The molecule has 1 aromatic heterocycles. The van der Waals surface area contributed by atoms with E-state index in [0.29, 0.717) is 11.3 Å². The van der Waals surface area contributed by atoms with Crippen LogP contribution in [0.4, 0.5) is 10.5 Å². The summed E-state index contributed by atoms with van der Waals surface area (Å²) >= 11 is 6.05. The molecule has 0 atom stereocenters. The van der Waals surface area contributed by atoms with Gasteiger partial charge in [-0.15, -0.1) is 0 Å². The number of carbonyl (C=O) groups is 3. The molecule has 0 aliphatic carbocycles. The Bertz CT molecular complexity index is 994. The minimum absolute atomic E-state index is 0.115. The molecule has 3 rings (SSSR count). The molecule has 1 aliphatic heterocycles. The zero-order valence-electron chi connectivity index (χ0n) is 13.2. The van der Waals surface area contributed by atoms with Gasteiger partial charge in [0.2, 0.25) is 0 Å². The van der Waals surface area contributed by atoms with Crippen molar-refractivity contribution in [1.29, 1.82) is 0 Å². The van der Waals surface area contributed by atoms with Crippen LogP contribution in [-0.2, 0) is 9.59 Å². The number of hydrogen-bond donors (Lipinski definition) is 1. The minimum atomic E-state index is -0.829. The number of nitro benzene ring substituents is 1. The van der Waals surface area contributed by atoms with Gasteiger partial charge < -0.3 is 4.42 Å². The zero-order valence-corrected chi connectivity index (χ0v) is 13.9. The quantitative estimate of drug-likeness (QED) is 0.380. The molecule has 26 heavy (non-hydrogen) atoms. The van der Waals surface area contributed by atoms with Gasteiger partial charge in [0.15, 0.2) is 0 Å². The van der Waals surface area contributed by atoms with E-state index in [9.17, 15) is 24.5 Å². The second-order valence-corrected chi connectivity index (χ2v) is 5.71. The molecule has 1 fully saturated rings. The molecule has 1 N–H and O–H groups in total. The number of benzene rings is 1. The van der Waals surface area contributed by atoms with Crippen molar-refractivity contribution >= 4 is 41.2 Å². The van der Waals surface area contributed by atoms with Crippen LogP contribution in [0.5, 0.6) is 0 Å². The number of urea groups is 1. The van der Waals surface area contributed by atoms with Crippen LogP contribution in [-0.4, -0.2) is 34.7 Å². The average Bonchev–Trinajstić information content (AvgIpc) is 3.05. The van der Waals surface area contributed by atoms with E-state index in [1.54, 1.807) is 6.07 Å². The van der Waals surface area contributed by atoms with Crippen LogP contribution < -0.4 is 5.32 Å². The normalized spacial score (nSPS) is 16.2. The van der Waals surface area contributed by atoms with E-state index < -0.39 is 22.8 Å². The number of nitro groups is 1. The van der Waals surface area contributed by atoms with Crippen molar-refractivity contribution in [2.24, 2.45) is 0 Å².